The normalized spacial score (nSPS) is 23.8. The number of fused-ring (bicyclic) bond motifs is 1. The van der Waals surface area contributed by atoms with Crippen LogP contribution in [0.3, 0.4) is 0 Å². The van der Waals surface area contributed by atoms with Crippen LogP contribution in [0.2, 0.25) is 0 Å². The van der Waals surface area contributed by atoms with Gasteiger partial charge in [0, 0.05) is 25.2 Å². The number of nitrogens with zero attached hydrogens (tertiary/aromatic N) is 2. The van der Waals surface area contributed by atoms with Crippen LogP contribution in [0.4, 0.5) is 0 Å². The van der Waals surface area contributed by atoms with E-state index >= 15 is 0 Å². The van der Waals surface area contributed by atoms with Crippen molar-refractivity contribution in [3.63, 3.8) is 0 Å². The summed E-state index contributed by atoms with van der Waals surface area (Å²) in [6.07, 6.45) is 1.03. The second kappa shape index (κ2) is 6.95. The Labute approximate surface area is 166 Å². The van der Waals surface area contributed by atoms with Gasteiger partial charge in [-0.05, 0) is 51.0 Å². The van der Waals surface area contributed by atoms with Crippen LogP contribution in [0, 0.1) is 13.8 Å². The smallest absolute Gasteiger partial charge is 0.207 e. The molecule has 4 rings (SSSR count). The summed E-state index contributed by atoms with van der Waals surface area (Å²) < 4.78 is 55.4. The molecule has 28 heavy (non-hydrogen) atoms. The third-order valence-electron chi connectivity index (χ3n) is 5.73. The second-order valence-corrected chi connectivity index (χ2v) is 11.4. The molecular weight excluding hydrogens is 396 g/mol. The fourth-order valence-corrected chi connectivity index (χ4v) is 7.59. The van der Waals surface area contributed by atoms with E-state index in [1.807, 2.05) is 13.8 Å². The van der Waals surface area contributed by atoms with E-state index in [1.54, 1.807) is 48.5 Å². The van der Waals surface area contributed by atoms with Gasteiger partial charge < -0.3 is 0 Å². The lowest BCUT2D eigenvalue weighted by Gasteiger charge is -2.25. The van der Waals surface area contributed by atoms with E-state index in [-0.39, 0.29) is 21.9 Å². The zero-order valence-electron chi connectivity index (χ0n) is 15.9. The average molecular weight is 421 g/mol. The van der Waals surface area contributed by atoms with Crippen molar-refractivity contribution in [1.29, 1.82) is 0 Å². The van der Waals surface area contributed by atoms with Gasteiger partial charge in [-0.3, -0.25) is 0 Å². The lowest BCUT2D eigenvalue weighted by atomic mass is 10.1. The molecule has 0 bridgehead atoms. The number of rotatable bonds is 4. The Bertz CT molecular complexity index is 989. The molecule has 8 heteroatoms. The van der Waals surface area contributed by atoms with Crippen molar-refractivity contribution in [1.82, 2.24) is 8.61 Å². The summed E-state index contributed by atoms with van der Waals surface area (Å²) in [6.45, 7) is 4.50. The molecule has 2 fully saturated rings. The minimum Gasteiger partial charge on any atom is -0.207 e. The summed E-state index contributed by atoms with van der Waals surface area (Å²) in [5.41, 5.74) is 1.99. The van der Waals surface area contributed by atoms with E-state index < -0.39 is 20.0 Å². The summed E-state index contributed by atoms with van der Waals surface area (Å²) in [7, 11) is -7.27. The minimum atomic E-state index is -3.64. The fraction of sp³-hybridized carbons (Fsp3) is 0.400. The summed E-state index contributed by atoms with van der Waals surface area (Å²) in [6, 6.07) is 13.0. The molecule has 0 N–H and O–H groups in total. The van der Waals surface area contributed by atoms with Crippen LogP contribution < -0.4 is 0 Å². The Hall–Kier alpha value is -1.74. The van der Waals surface area contributed by atoms with Gasteiger partial charge in [-0.2, -0.15) is 8.61 Å². The Balaban J connectivity index is 1.61. The number of benzene rings is 2. The first kappa shape index (κ1) is 19.6. The molecule has 0 spiro atoms. The van der Waals surface area contributed by atoms with Crippen molar-refractivity contribution in [2.75, 3.05) is 13.1 Å². The SMILES string of the molecule is Cc1ccc(S(=O)(=O)N2CC[C@H]3[C@@H]2CCN3S(=O)(=O)c2ccc(C)cc2)cc1. The van der Waals surface area contributed by atoms with E-state index in [4.69, 9.17) is 0 Å². The van der Waals surface area contributed by atoms with Crippen molar-refractivity contribution in [2.45, 2.75) is 48.6 Å². The van der Waals surface area contributed by atoms with Crippen LogP contribution in [0.1, 0.15) is 24.0 Å². The van der Waals surface area contributed by atoms with E-state index in [0.29, 0.717) is 25.9 Å². The van der Waals surface area contributed by atoms with Crippen LogP contribution in [0.5, 0.6) is 0 Å². The molecule has 2 aliphatic heterocycles. The van der Waals surface area contributed by atoms with Gasteiger partial charge in [-0.25, -0.2) is 16.8 Å². The highest BCUT2D eigenvalue weighted by atomic mass is 32.2. The Morgan fingerprint density at radius 2 is 0.964 bits per heavy atom. The standard InChI is InChI=1S/C20H24N2O4S2/c1-15-3-7-17(8-4-15)27(23,24)21-13-11-20-19(21)12-14-22(20)28(25,26)18-9-5-16(2)6-10-18/h3-10,19-20H,11-14H2,1-2H3/t19-,20-/m0/s1. The molecule has 0 aromatic heterocycles. The molecule has 2 atom stereocenters. The van der Waals surface area contributed by atoms with Crippen LogP contribution in [0.25, 0.3) is 0 Å². The number of hydrogen-bond donors (Lipinski definition) is 0. The van der Waals surface area contributed by atoms with Crippen LogP contribution in [-0.4, -0.2) is 50.6 Å². The van der Waals surface area contributed by atoms with Gasteiger partial charge in [0.05, 0.1) is 9.79 Å². The molecule has 2 heterocycles. The molecule has 2 aromatic carbocycles. The lowest BCUT2D eigenvalue weighted by molar-refractivity contribution is 0.356. The third-order valence-corrected chi connectivity index (χ3v) is 9.61. The first-order valence-corrected chi connectivity index (χ1v) is 12.3. The zero-order valence-corrected chi connectivity index (χ0v) is 17.6. The lowest BCUT2D eigenvalue weighted by Crippen LogP contribution is -2.41. The minimum absolute atomic E-state index is 0.263. The molecule has 0 radical (unpaired) electrons. The maximum absolute atomic E-state index is 13.1. The summed E-state index contributed by atoms with van der Waals surface area (Å²) in [5, 5.41) is 0. The Morgan fingerprint density at radius 3 is 1.29 bits per heavy atom. The molecular formula is C20H24N2O4S2. The van der Waals surface area contributed by atoms with Gasteiger partial charge >= 0.3 is 0 Å². The quantitative estimate of drug-likeness (QED) is 0.762. The van der Waals surface area contributed by atoms with Crippen LogP contribution >= 0.6 is 0 Å². The van der Waals surface area contributed by atoms with Gasteiger partial charge in [-0.1, -0.05) is 35.4 Å². The fourth-order valence-electron chi connectivity index (χ4n) is 4.20. The van der Waals surface area contributed by atoms with Crippen molar-refractivity contribution >= 4 is 20.0 Å². The van der Waals surface area contributed by atoms with Crippen LogP contribution in [-0.2, 0) is 20.0 Å². The number of sulfonamides is 2. The number of hydrogen-bond acceptors (Lipinski definition) is 4. The summed E-state index contributed by atoms with van der Waals surface area (Å²) >= 11 is 0. The van der Waals surface area contributed by atoms with Crippen molar-refractivity contribution in [3.05, 3.63) is 59.7 Å². The van der Waals surface area contributed by atoms with Gasteiger partial charge in [-0.15, -0.1) is 0 Å². The molecule has 150 valence electrons. The van der Waals surface area contributed by atoms with E-state index in [1.165, 1.54) is 8.61 Å². The monoisotopic (exact) mass is 420 g/mol. The third kappa shape index (κ3) is 3.18. The van der Waals surface area contributed by atoms with E-state index in [2.05, 4.69) is 0 Å². The van der Waals surface area contributed by atoms with E-state index in [9.17, 15) is 16.8 Å². The largest absolute Gasteiger partial charge is 0.243 e. The molecule has 2 aliphatic rings. The van der Waals surface area contributed by atoms with Gasteiger partial charge in [0.25, 0.3) is 0 Å². The molecule has 0 unspecified atom stereocenters. The second-order valence-electron chi connectivity index (χ2n) is 7.57. The van der Waals surface area contributed by atoms with Crippen molar-refractivity contribution in [2.24, 2.45) is 0 Å². The maximum atomic E-state index is 13.1. The van der Waals surface area contributed by atoms with Gasteiger partial charge in [0.15, 0.2) is 0 Å². The molecule has 0 saturated carbocycles. The van der Waals surface area contributed by atoms with E-state index in [0.717, 1.165) is 11.1 Å². The van der Waals surface area contributed by atoms with Crippen LogP contribution in [0.15, 0.2) is 58.3 Å². The number of aryl methyl sites for hydroxylation is 2. The first-order valence-electron chi connectivity index (χ1n) is 9.38. The average Bonchev–Trinajstić information content (AvgIpc) is 3.24. The van der Waals surface area contributed by atoms with Gasteiger partial charge in [0.2, 0.25) is 20.0 Å². The highest BCUT2D eigenvalue weighted by molar-refractivity contribution is 7.89. The predicted molar refractivity (Wildman–Crippen MR) is 107 cm³/mol. The zero-order chi connectivity index (χ0) is 20.1. The van der Waals surface area contributed by atoms with Crippen molar-refractivity contribution in [3.8, 4) is 0 Å². The molecule has 0 aliphatic carbocycles. The Kier molecular flexibility index (Phi) is 4.86. The maximum Gasteiger partial charge on any atom is 0.243 e. The summed E-state index contributed by atoms with van der Waals surface area (Å²) in [4.78, 5) is 0.525. The Morgan fingerprint density at radius 1 is 0.643 bits per heavy atom. The predicted octanol–water partition coefficient (Wildman–Crippen LogP) is 2.53. The molecule has 6 nitrogen and oxygen atoms in total. The highest BCUT2D eigenvalue weighted by Crippen LogP contribution is 2.38. The first-order chi connectivity index (χ1) is 13.2. The molecule has 2 aromatic rings. The molecule has 0 amide bonds. The molecule has 2 saturated heterocycles. The summed E-state index contributed by atoms with van der Waals surface area (Å²) in [5.74, 6) is 0. The highest BCUT2D eigenvalue weighted by Gasteiger charge is 2.51. The van der Waals surface area contributed by atoms with Gasteiger partial charge in [0.1, 0.15) is 0 Å². The van der Waals surface area contributed by atoms with Crippen molar-refractivity contribution < 1.29 is 16.8 Å². The topological polar surface area (TPSA) is 74.8 Å².